The molecule has 3 rings (SSSR count). The van der Waals surface area contributed by atoms with E-state index >= 15 is 0 Å². The maximum Gasteiger partial charge on any atom is 0.337 e. The summed E-state index contributed by atoms with van der Waals surface area (Å²) in [6, 6.07) is 14.9. The highest BCUT2D eigenvalue weighted by Crippen LogP contribution is 2.24. The predicted molar refractivity (Wildman–Crippen MR) is 104 cm³/mol. The SMILES string of the molecule is COC(=O)c1ccc(CN2CCN(c3cccc(Br)c3)C(=O)C2C)cc1. The van der Waals surface area contributed by atoms with Gasteiger partial charge in [0.2, 0.25) is 5.91 Å². The van der Waals surface area contributed by atoms with Crippen molar-refractivity contribution < 1.29 is 14.3 Å². The lowest BCUT2D eigenvalue weighted by atomic mass is 10.1. The average molecular weight is 417 g/mol. The van der Waals surface area contributed by atoms with E-state index in [-0.39, 0.29) is 17.9 Å². The van der Waals surface area contributed by atoms with Crippen molar-refractivity contribution in [2.75, 3.05) is 25.1 Å². The van der Waals surface area contributed by atoms with E-state index in [9.17, 15) is 9.59 Å². The Bertz CT molecular complexity index is 807. The topological polar surface area (TPSA) is 49.9 Å². The van der Waals surface area contributed by atoms with E-state index in [0.29, 0.717) is 18.7 Å². The zero-order valence-corrected chi connectivity index (χ0v) is 16.4. The molecule has 0 aliphatic carbocycles. The van der Waals surface area contributed by atoms with Gasteiger partial charge in [0.15, 0.2) is 0 Å². The molecule has 1 heterocycles. The standard InChI is InChI=1S/C20H21BrN2O3/c1-14-19(24)23(18-5-3-4-17(21)12-18)11-10-22(14)13-15-6-8-16(9-7-15)20(25)26-2/h3-9,12,14H,10-11,13H2,1-2H3. The van der Waals surface area contributed by atoms with Gasteiger partial charge >= 0.3 is 5.97 Å². The fourth-order valence-corrected chi connectivity index (χ4v) is 3.52. The van der Waals surface area contributed by atoms with Gasteiger partial charge in [0, 0.05) is 29.8 Å². The lowest BCUT2D eigenvalue weighted by Crippen LogP contribution is -2.55. The van der Waals surface area contributed by atoms with E-state index in [1.54, 1.807) is 12.1 Å². The molecular weight excluding hydrogens is 396 g/mol. The zero-order chi connectivity index (χ0) is 18.7. The van der Waals surface area contributed by atoms with Crippen LogP contribution in [-0.4, -0.2) is 43.0 Å². The number of carbonyl (C=O) groups excluding carboxylic acids is 2. The molecule has 5 nitrogen and oxygen atoms in total. The second-order valence-corrected chi connectivity index (χ2v) is 7.22. The third-order valence-electron chi connectivity index (χ3n) is 4.66. The van der Waals surface area contributed by atoms with Crippen molar-refractivity contribution in [3.05, 3.63) is 64.1 Å². The van der Waals surface area contributed by atoms with Crippen LogP contribution in [0.5, 0.6) is 0 Å². The lowest BCUT2D eigenvalue weighted by molar-refractivity contribution is -0.125. The molecule has 1 saturated heterocycles. The molecule has 1 fully saturated rings. The fraction of sp³-hybridized carbons (Fsp3) is 0.300. The number of halogens is 1. The highest BCUT2D eigenvalue weighted by Gasteiger charge is 2.32. The predicted octanol–water partition coefficient (Wildman–Crippen LogP) is 3.47. The molecule has 0 bridgehead atoms. The molecule has 0 radical (unpaired) electrons. The van der Waals surface area contributed by atoms with Crippen LogP contribution in [0.4, 0.5) is 5.69 Å². The molecule has 1 aliphatic rings. The summed E-state index contributed by atoms with van der Waals surface area (Å²) < 4.78 is 5.68. The van der Waals surface area contributed by atoms with Crippen molar-refractivity contribution in [2.45, 2.75) is 19.5 Å². The molecule has 1 unspecified atom stereocenters. The Labute approximate surface area is 161 Å². The fourth-order valence-electron chi connectivity index (χ4n) is 3.13. The van der Waals surface area contributed by atoms with Gasteiger partial charge in [-0.3, -0.25) is 9.69 Å². The van der Waals surface area contributed by atoms with Crippen molar-refractivity contribution in [1.82, 2.24) is 4.90 Å². The van der Waals surface area contributed by atoms with E-state index < -0.39 is 0 Å². The van der Waals surface area contributed by atoms with Crippen LogP contribution in [0.2, 0.25) is 0 Å². The number of nitrogens with zero attached hydrogens (tertiary/aromatic N) is 2. The van der Waals surface area contributed by atoms with Gasteiger partial charge in [-0.15, -0.1) is 0 Å². The van der Waals surface area contributed by atoms with Crippen LogP contribution in [-0.2, 0) is 16.1 Å². The van der Waals surface area contributed by atoms with Crippen LogP contribution in [0.15, 0.2) is 53.0 Å². The molecule has 1 aliphatic heterocycles. The first-order valence-electron chi connectivity index (χ1n) is 8.48. The van der Waals surface area contributed by atoms with Gasteiger partial charge in [-0.1, -0.05) is 34.1 Å². The van der Waals surface area contributed by atoms with E-state index in [0.717, 1.165) is 22.3 Å². The number of amides is 1. The molecule has 136 valence electrons. The molecule has 2 aromatic carbocycles. The summed E-state index contributed by atoms with van der Waals surface area (Å²) in [6.45, 7) is 4.05. The van der Waals surface area contributed by atoms with Gasteiger partial charge in [0.1, 0.15) is 0 Å². The number of hydrogen-bond acceptors (Lipinski definition) is 4. The summed E-state index contributed by atoms with van der Waals surface area (Å²) in [5.74, 6) is -0.247. The first-order chi connectivity index (χ1) is 12.5. The minimum atomic E-state index is -0.345. The minimum absolute atomic E-state index is 0.0977. The molecule has 0 saturated carbocycles. The number of hydrogen-bond donors (Lipinski definition) is 0. The summed E-state index contributed by atoms with van der Waals surface area (Å²) in [5, 5.41) is 0. The Morgan fingerprint density at radius 1 is 1.19 bits per heavy atom. The van der Waals surface area contributed by atoms with Crippen molar-refractivity contribution in [1.29, 1.82) is 0 Å². The number of methoxy groups -OCH3 is 1. The van der Waals surface area contributed by atoms with Crippen molar-refractivity contribution in [2.24, 2.45) is 0 Å². The summed E-state index contributed by atoms with van der Waals surface area (Å²) in [6.07, 6.45) is 0. The van der Waals surface area contributed by atoms with E-state index in [2.05, 4.69) is 20.8 Å². The largest absolute Gasteiger partial charge is 0.465 e. The van der Waals surface area contributed by atoms with Gasteiger partial charge < -0.3 is 9.64 Å². The van der Waals surface area contributed by atoms with Crippen LogP contribution in [0, 0.1) is 0 Å². The Hall–Kier alpha value is -2.18. The highest BCUT2D eigenvalue weighted by molar-refractivity contribution is 9.10. The third kappa shape index (κ3) is 3.97. The smallest absolute Gasteiger partial charge is 0.337 e. The Kier molecular flexibility index (Phi) is 5.74. The van der Waals surface area contributed by atoms with Crippen LogP contribution in [0.25, 0.3) is 0 Å². The normalized spacial score (nSPS) is 18.0. The summed E-state index contributed by atoms with van der Waals surface area (Å²) in [5.41, 5.74) is 2.51. The number of rotatable bonds is 4. The third-order valence-corrected chi connectivity index (χ3v) is 5.16. The molecule has 6 heteroatoms. The molecule has 1 amide bonds. The van der Waals surface area contributed by atoms with Crippen LogP contribution in [0.1, 0.15) is 22.8 Å². The first kappa shape index (κ1) is 18.6. The molecule has 26 heavy (non-hydrogen) atoms. The maximum absolute atomic E-state index is 12.8. The summed E-state index contributed by atoms with van der Waals surface area (Å²) >= 11 is 3.46. The van der Waals surface area contributed by atoms with Gasteiger partial charge in [0.05, 0.1) is 18.7 Å². The van der Waals surface area contributed by atoms with E-state index in [1.165, 1.54) is 7.11 Å². The zero-order valence-electron chi connectivity index (χ0n) is 14.8. The molecule has 0 aromatic heterocycles. The van der Waals surface area contributed by atoms with Crippen LogP contribution < -0.4 is 4.90 Å². The van der Waals surface area contributed by atoms with Gasteiger partial charge in [-0.25, -0.2) is 4.79 Å². The molecule has 0 N–H and O–H groups in total. The second-order valence-electron chi connectivity index (χ2n) is 6.30. The number of carbonyl (C=O) groups is 2. The van der Waals surface area contributed by atoms with E-state index in [4.69, 9.17) is 4.74 Å². The average Bonchev–Trinajstić information content (AvgIpc) is 2.65. The summed E-state index contributed by atoms with van der Waals surface area (Å²) in [4.78, 5) is 28.3. The van der Waals surface area contributed by atoms with Gasteiger partial charge in [0.25, 0.3) is 0 Å². The molecule has 0 spiro atoms. The number of ether oxygens (including phenoxy) is 1. The molecular formula is C20H21BrN2O3. The minimum Gasteiger partial charge on any atom is -0.465 e. The number of piperazine rings is 1. The quantitative estimate of drug-likeness (QED) is 0.715. The van der Waals surface area contributed by atoms with Gasteiger partial charge in [-0.2, -0.15) is 0 Å². The van der Waals surface area contributed by atoms with Crippen LogP contribution in [0.3, 0.4) is 0 Å². The first-order valence-corrected chi connectivity index (χ1v) is 9.27. The number of esters is 1. The van der Waals surface area contributed by atoms with Crippen molar-refractivity contribution >= 4 is 33.5 Å². The summed E-state index contributed by atoms with van der Waals surface area (Å²) in [7, 11) is 1.37. The lowest BCUT2D eigenvalue weighted by Gasteiger charge is -2.39. The Morgan fingerprint density at radius 3 is 2.58 bits per heavy atom. The maximum atomic E-state index is 12.8. The highest BCUT2D eigenvalue weighted by atomic mass is 79.9. The Morgan fingerprint density at radius 2 is 1.92 bits per heavy atom. The second kappa shape index (κ2) is 8.01. The monoisotopic (exact) mass is 416 g/mol. The molecule has 2 aromatic rings. The van der Waals surface area contributed by atoms with Crippen molar-refractivity contribution in [3.63, 3.8) is 0 Å². The Balaban J connectivity index is 1.68. The molecule has 1 atom stereocenters. The van der Waals surface area contributed by atoms with Crippen molar-refractivity contribution in [3.8, 4) is 0 Å². The van der Waals surface area contributed by atoms with E-state index in [1.807, 2.05) is 48.2 Å². The number of anilines is 1. The van der Waals surface area contributed by atoms with Crippen LogP contribution >= 0.6 is 15.9 Å². The van der Waals surface area contributed by atoms with Gasteiger partial charge in [-0.05, 0) is 42.8 Å². The number of benzene rings is 2.